The number of aromatic nitrogens is 1. The van der Waals surface area contributed by atoms with Gasteiger partial charge in [0.25, 0.3) is 0 Å². The van der Waals surface area contributed by atoms with Gasteiger partial charge in [0.05, 0.1) is 23.6 Å². The molecule has 4 aromatic rings. The Hall–Kier alpha value is -4.57. The Kier molecular flexibility index (Phi) is 7.41. The summed E-state index contributed by atoms with van der Waals surface area (Å²) in [5.74, 6) is 2.06. The smallest absolute Gasteiger partial charge is 0.319 e. The third-order valence-corrected chi connectivity index (χ3v) is 5.85. The molecule has 5 rings (SSSR count). The molecule has 196 valence electrons. The number of ether oxygens (including phenoxy) is 4. The van der Waals surface area contributed by atoms with Crippen molar-refractivity contribution in [2.45, 2.75) is 13.0 Å². The Morgan fingerprint density at radius 2 is 1.79 bits per heavy atom. The highest BCUT2D eigenvalue weighted by atomic mass is 19.1. The van der Waals surface area contributed by atoms with Gasteiger partial charge in [0.1, 0.15) is 37.1 Å². The molecule has 0 spiro atoms. The van der Waals surface area contributed by atoms with Crippen molar-refractivity contribution in [3.63, 3.8) is 0 Å². The summed E-state index contributed by atoms with van der Waals surface area (Å²) in [6.07, 6.45) is 1.62. The van der Waals surface area contributed by atoms with Crippen LogP contribution in [0.3, 0.4) is 0 Å². The van der Waals surface area contributed by atoms with E-state index in [1.165, 1.54) is 12.1 Å². The number of pyridine rings is 1. The van der Waals surface area contributed by atoms with Crippen LogP contribution in [-0.4, -0.2) is 42.5 Å². The molecule has 1 aromatic heterocycles. The summed E-state index contributed by atoms with van der Waals surface area (Å²) in [5.41, 5.74) is 1.95. The number of hydrogen-bond acceptors (Lipinski definition) is 7. The van der Waals surface area contributed by atoms with Gasteiger partial charge in [0.2, 0.25) is 5.75 Å². The Balaban J connectivity index is 1.30. The van der Waals surface area contributed by atoms with Crippen LogP contribution in [-0.2, 0) is 0 Å². The lowest BCUT2D eigenvalue weighted by atomic mass is 10.1. The number of carbonyl (C=O) groups excluding carboxylic acids is 1. The lowest BCUT2D eigenvalue weighted by Gasteiger charge is -2.23. The van der Waals surface area contributed by atoms with Crippen LogP contribution < -0.4 is 29.6 Å². The number of nitrogens with one attached hydrogen (secondary N) is 2. The van der Waals surface area contributed by atoms with Crippen LogP contribution >= 0.6 is 0 Å². The predicted octanol–water partition coefficient (Wildman–Crippen LogP) is 5.19. The maximum absolute atomic E-state index is 13.1. The van der Waals surface area contributed by atoms with Gasteiger partial charge in [-0.2, -0.15) is 0 Å². The van der Waals surface area contributed by atoms with Gasteiger partial charge < -0.3 is 34.7 Å². The first-order valence-corrected chi connectivity index (χ1v) is 12.1. The zero-order valence-electron chi connectivity index (χ0n) is 20.6. The molecule has 0 fully saturated rings. The lowest BCUT2D eigenvalue weighted by Crippen LogP contribution is -2.31. The van der Waals surface area contributed by atoms with Gasteiger partial charge in [-0.1, -0.05) is 12.1 Å². The van der Waals surface area contributed by atoms with E-state index in [4.69, 9.17) is 24.1 Å². The maximum atomic E-state index is 13.1. The summed E-state index contributed by atoms with van der Waals surface area (Å²) >= 11 is 0. The minimum Gasteiger partial charge on any atom is -0.487 e. The van der Waals surface area contributed by atoms with Gasteiger partial charge in [-0.25, -0.2) is 9.18 Å². The van der Waals surface area contributed by atoms with Crippen LogP contribution in [0.2, 0.25) is 0 Å². The molecule has 0 radical (unpaired) electrons. The molecule has 0 saturated carbocycles. The Labute approximate surface area is 218 Å². The first kappa shape index (κ1) is 25.1. The quantitative estimate of drug-likeness (QED) is 0.294. The molecule has 9 nitrogen and oxygen atoms in total. The number of aliphatic hydroxyl groups excluding tert-OH is 1. The van der Waals surface area contributed by atoms with Crippen LogP contribution in [0, 0.1) is 5.82 Å². The predicted molar refractivity (Wildman–Crippen MR) is 139 cm³/mol. The summed E-state index contributed by atoms with van der Waals surface area (Å²) in [6.45, 7) is 2.53. The molecule has 3 N–H and O–H groups in total. The largest absolute Gasteiger partial charge is 0.487 e. The number of rotatable bonds is 8. The van der Waals surface area contributed by atoms with Crippen molar-refractivity contribution in [2.75, 3.05) is 31.7 Å². The molecule has 3 aromatic carbocycles. The zero-order valence-corrected chi connectivity index (χ0v) is 20.6. The van der Waals surface area contributed by atoms with E-state index in [-0.39, 0.29) is 25.1 Å². The minimum absolute atomic E-state index is 0.112. The van der Waals surface area contributed by atoms with E-state index in [0.717, 1.165) is 5.56 Å². The van der Waals surface area contributed by atoms with Crippen LogP contribution in [0.4, 0.5) is 14.9 Å². The van der Waals surface area contributed by atoms with Crippen LogP contribution in [0.15, 0.2) is 66.9 Å². The second-order valence-electron chi connectivity index (χ2n) is 8.50. The third kappa shape index (κ3) is 5.55. The highest BCUT2D eigenvalue weighted by Gasteiger charge is 2.24. The number of carbonyl (C=O) groups is 1. The van der Waals surface area contributed by atoms with E-state index in [1.54, 1.807) is 54.7 Å². The monoisotopic (exact) mass is 519 g/mol. The van der Waals surface area contributed by atoms with Gasteiger partial charge in [-0.3, -0.25) is 4.98 Å². The molecule has 1 aliphatic heterocycles. The topological polar surface area (TPSA) is 111 Å². The number of hydrogen-bond donors (Lipinski definition) is 3. The molecule has 1 atom stereocenters. The van der Waals surface area contributed by atoms with Crippen molar-refractivity contribution < 1.29 is 33.2 Å². The summed E-state index contributed by atoms with van der Waals surface area (Å²) < 4.78 is 36.6. The summed E-state index contributed by atoms with van der Waals surface area (Å²) in [7, 11) is 0. The summed E-state index contributed by atoms with van der Waals surface area (Å²) in [6, 6.07) is 15.6. The van der Waals surface area contributed by atoms with Gasteiger partial charge in [-0.15, -0.1) is 0 Å². The molecule has 2 heterocycles. The second kappa shape index (κ2) is 11.2. The number of urea groups is 1. The molecule has 0 aliphatic carbocycles. The lowest BCUT2D eigenvalue weighted by molar-refractivity contribution is 0.155. The fourth-order valence-corrected chi connectivity index (χ4v) is 4.05. The van der Waals surface area contributed by atoms with E-state index < -0.39 is 6.03 Å². The molecule has 0 bridgehead atoms. The van der Waals surface area contributed by atoms with E-state index in [2.05, 4.69) is 15.6 Å². The Morgan fingerprint density at radius 1 is 1.05 bits per heavy atom. The fraction of sp³-hybridized carbons (Fsp3) is 0.214. The number of amides is 2. The van der Waals surface area contributed by atoms with E-state index in [1.807, 2.05) is 6.92 Å². The van der Waals surface area contributed by atoms with Crippen LogP contribution in [0.25, 0.3) is 10.9 Å². The molecular weight excluding hydrogens is 493 g/mol. The van der Waals surface area contributed by atoms with Crippen molar-refractivity contribution in [2.24, 2.45) is 0 Å². The van der Waals surface area contributed by atoms with Crippen molar-refractivity contribution >= 4 is 22.6 Å². The van der Waals surface area contributed by atoms with E-state index in [0.29, 0.717) is 58.6 Å². The molecule has 38 heavy (non-hydrogen) atoms. The third-order valence-electron chi connectivity index (χ3n) is 5.85. The standard InChI is InChI=1S/C28H26FN3O6/c1-17(18-2-4-19(29)5-3-18)31-28(34)32-20-6-8-21(9-7-20)38-23-10-11-30-22-16-24(35-13-12-33)26-27(25(22)23)37-15-14-36-26/h2-11,16-17,33H,12-15H2,1H3,(H2,31,32,34)/t17-/m0/s1. The molecule has 2 amide bonds. The molecular formula is C28H26FN3O6. The zero-order chi connectivity index (χ0) is 26.5. The molecule has 0 saturated heterocycles. The van der Waals surface area contributed by atoms with Gasteiger partial charge >= 0.3 is 6.03 Å². The van der Waals surface area contributed by atoms with E-state index >= 15 is 0 Å². The minimum atomic E-state index is -0.390. The average molecular weight is 520 g/mol. The van der Waals surface area contributed by atoms with Crippen molar-refractivity contribution in [3.05, 3.63) is 78.2 Å². The Bertz CT molecular complexity index is 1430. The average Bonchev–Trinajstić information content (AvgIpc) is 2.93. The van der Waals surface area contributed by atoms with Crippen LogP contribution in [0.5, 0.6) is 28.7 Å². The number of nitrogens with zero attached hydrogens (tertiary/aromatic N) is 1. The molecule has 1 aliphatic rings. The summed E-state index contributed by atoms with van der Waals surface area (Å²) in [4.78, 5) is 16.9. The molecule has 10 heteroatoms. The fourth-order valence-electron chi connectivity index (χ4n) is 4.05. The normalized spacial score (nSPS) is 13.0. The highest BCUT2D eigenvalue weighted by Crippen LogP contribution is 2.48. The van der Waals surface area contributed by atoms with E-state index in [9.17, 15) is 9.18 Å². The number of benzene rings is 3. The second-order valence-corrected chi connectivity index (χ2v) is 8.50. The number of aliphatic hydroxyl groups is 1. The highest BCUT2D eigenvalue weighted by molar-refractivity contribution is 5.95. The number of fused-ring (bicyclic) bond motifs is 3. The summed E-state index contributed by atoms with van der Waals surface area (Å²) in [5, 5.41) is 15.4. The van der Waals surface area contributed by atoms with Crippen molar-refractivity contribution in [3.8, 4) is 28.7 Å². The Morgan fingerprint density at radius 3 is 2.53 bits per heavy atom. The first-order chi connectivity index (χ1) is 18.5. The van der Waals surface area contributed by atoms with Gasteiger partial charge in [0, 0.05) is 18.0 Å². The van der Waals surface area contributed by atoms with Crippen molar-refractivity contribution in [1.29, 1.82) is 0 Å². The number of halogens is 1. The van der Waals surface area contributed by atoms with Gasteiger partial charge in [-0.05, 0) is 55.0 Å². The first-order valence-electron chi connectivity index (χ1n) is 12.1. The van der Waals surface area contributed by atoms with Crippen LogP contribution in [0.1, 0.15) is 18.5 Å². The SMILES string of the molecule is C[C@H](NC(=O)Nc1ccc(Oc2ccnc3cc(OCCO)c4c(c23)OCCO4)cc1)c1ccc(F)cc1. The molecule has 0 unspecified atom stereocenters. The van der Waals surface area contributed by atoms with Gasteiger partial charge in [0.15, 0.2) is 11.5 Å². The van der Waals surface area contributed by atoms with Crippen molar-refractivity contribution in [1.82, 2.24) is 10.3 Å². The number of anilines is 1. The maximum Gasteiger partial charge on any atom is 0.319 e.